The first-order valence-corrected chi connectivity index (χ1v) is 9.60. The molecule has 2 fully saturated rings. The Labute approximate surface area is 178 Å². The molecule has 9 heteroatoms. The molecule has 2 N–H and O–H groups in total. The minimum absolute atomic E-state index is 0. The van der Waals surface area contributed by atoms with Gasteiger partial charge in [0.2, 0.25) is 0 Å². The summed E-state index contributed by atoms with van der Waals surface area (Å²) < 4.78 is 27.2. The lowest BCUT2D eigenvalue weighted by Crippen LogP contribution is -2.51. The number of aliphatic imine (C=N–C) groups is 1. The molecule has 1 aromatic heterocycles. The minimum atomic E-state index is -0.553. The fraction of sp³-hybridized carbons (Fsp3) is 0.444. The number of benzene rings is 1. The van der Waals surface area contributed by atoms with Gasteiger partial charge in [0.1, 0.15) is 11.6 Å². The predicted octanol–water partition coefficient (Wildman–Crippen LogP) is 3.21. The van der Waals surface area contributed by atoms with Gasteiger partial charge in [-0.3, -0.25) is 4.99 Å². The van der Waals surface area contributed by atoms with E-state index in [1.807, 2.05) is 11.6 Å². The molecule has 2 aliphatic rings. The number of aromatic nitrogens is 1. The molecular formula is C18H22F2IN5S. The van der Waals surface area contributed by atoms with Crippen LogP contribution in [0.3, 0.4) is 0 Å². The molecule has 146 valence electrons. The van der Waals surface area contributed by atoms with Gasteiger partial charge < -0.3 is 15.5 Å². The van der Waals surface area contributed by atoms with E-state index in [0.29, 0.717) is 18.1 Å². The Hall–Kier alpha value is -1.49. The summed E-state index contributed by atoms with van der Waals surface area (Å²) in [6.07, 6.45) is 3.51. The van der Waals surface area contributed by atoms with Crippen LogP contribution in [0.15, 0.2) is 34.8 Å². The van der Waals surface area contributed by atoms with Gasteiger partial charge in [0.15, 0.2) is 11.1 Å². The number of anilines is 1. The van der Waals surface area contributed by atoms with Gasteiger partial charge in [-0.25, -0.2) is 13.8 Å². The third-order valence-corrected chi connectivity index (χ3v) is 6.03. The molecule has 1 aliphatic heterocycles. The maximum Gasteiger partial charge on any atom is 0.191 e. The van der Waals surface area contributed by atoms with Gasteiger partial charge in [-0.1, -0.05) is 6.07 Å². The number of halogens is 3. The zero-order valence-electron chi connectivity index (χ0n) is 14.8. The molecule has 0 atom stereocenters. The van der Waals surface area contributed by atoms with Crippen molar-refractivity contribution < 1.29 is 8.78 Å². The number of hydrogen-bond donors (Lipinski definition) is 1. The number of nitrogens with zero attached hydrogens (tertiary/aromatic N) is 4. The van der Waals surface area contributed by atoms with Crippen molar-refractivity contribution in [2.75, 3.05) is 37.6 Å². The molecule has 1 saturated heterocycles. The van der Waals surface area contributed by atoms with Crippen molar-refractivity contribution in [3.63, 3.8) is 0 Å². The Morgan fingerprint density at radius 1 is 1.22 bits per heavy atom. The van der Waals surface area contributed by atoms with Crippen LogP contribution >= 0.6 is 35.3 Å². The van der Waals surface area contributed by atoms with E-state index in [2.05, 4.69) is 19.8 Å². The number of rotatable bonds is 4. The second-order valence-corrected chi connectivity index (χ2v) is 7.74. The van der Waals surface area contributed by atoms with Crippen molar-refractivity contribution in [2.45, 2.75) is 18.3 Å². The van der Waals surface area contributed by atoms with Gasteiger partial charge in [-0.2, -0.15) is 0 Å². The summed E-state index contributed by atoms with van der Waals surface area (Å²) in [5.41, 5.74) is 6.40. The molecule has 2 heterocycles. The Morgan fingerprint density at radius 2 is 1.96 bits per heavy atom. The predicted molar refractivity (Wildman–Crippen MR) is 115 cm³/mol. The number of guanidine groups is 1. The lowest BCUT2D eigenvalue weighted by atomic mass is 9.95. The Morgan fingerprint density at radius 3 is 2.56 bits per heavy atom. The van der Waals surface area contributed by atoms with E-state index in [0.717, 1.165) is 50.2 Å². The Bertz CT molecular complexity index is 802. The summed E-state index contributed by atoms with van der Waals surface area (Å²) in [6.45, 7) is 3.71. The highest BCUT2D eigenvalue weighted by Crippen LogP contribution is 2.49. The van der Waals surface area contributed by atoms with Crippen LogP contribution < -0.4 is 10.6 Å². The quantitative estimate of drug-likeness (QED) is 0.394. The fourth-order valence-corrected chi connectivity index (χ4v) is 4.11. The van der Waals surface area contributed by atoms with Gasteiger partial charge in [0, 0.05) is 49.2 Å². The van der Waals surface area contributed by atoms with Crippen LogP contribution in [0, 0.1) is 11.6 Å². The van der Waals surface area contributed by atoms with Gasteiger partial charge in [-0.15, -0.1) is 35.3 Å². The third-order valence-electron chi connectivity index (χ3n) is 5.19. The summed E-state index contributed by atoms with van der Waals surface area (Å²) in [4.78, 5) is 13.2. The molecule has 1 aromatic carbocycles. The van der Waals surface area contributed by atoms with Crippen LogP contribution in [0.2, 0.25) is 0 Å². The first-order valence-electron chi connectivity index (χ1n) is 8.72. The van der Waals surface area contributed by atoms with Crippen LogP contribution in [0.1, 0.15) is 18.4 Å². The molecule has 1 aliphatic carbocycles. The van der Waals surface area contributed by atoms with Crippen molar-refractivity contribution in [3.8, 4) is 0 Å². The second kappa shape index (κ2) is 8.26. The van der Waals surface area contributed by atoms with E-state index in [-0.39, 0.29) is 29.4 Å². The number of hydrogen-bond acceptors (Lipinski definition) is 4. The van der Waals surface area contributed by atoms with Crippen molar-refractivity contribution >= 4 is 46.4 Å². The molecule has 0 amide bonds. The highest BCUT2D eigenvalue weighted by molar-refractivity contribution is 14.0. The topological polar surface area (TPSA) is 57.8 Å². The smallest absolute Gasteiger partial charge is 0.191 e. The highest BCUT2D eigenvalue weighted by atomic mass is 127. The maximum atomic E-state index is 14.1. The van der Waals surface area contributed by atoms with E-state index < -0.39 is 11.6 Å². The summed E-state index contributed by atoms with van der Waals surface area (Å²) in [5, 5.41) is 3.00. The highest BCUT2D eigenvalue weighted by Gasteiger charge is 2.46. The number of thiazole rings is 1. The first kappa shape index (κ1) is 20.2. The standard InChI is InChI=1S/C18H21F2N5S.HI/c19-13-1-2-14(15(20)11-13)18(3-4-18)12-23-16(21)24-6-8-25(9-7-24)17-22-5-10-26-17;/h1-2,5,10-11H,3-4,6-9,12H2,(H2,21,23);1H. The van der Waals surface area contributed by atoms with Crippen molar-refractivity contribution in [3.05, 3.63) is 47.0 Å². The maximum absolute atomic E-state index is 14.1. The van der Waals surface area contributed by atoms with E-state index in [1.165, 1.54) is 12.1 Å². The molecule has 0 unspecified atom stereocenters. The monoisotopic (exact) mass is 505 g/mol. The van der Waals surface area contributed by atoms with E-state index in [9.17, 15) is 8.78 Å². The van der Waals surface area contributed by atoms with Crippen LogP contribution in [0.4, 0.5) is 13.9 Å². The molecule has 27 heavy (non-hydrogen) atoms. The number of nitrogens with two attached hydrogens (primary N) is 1. The summed E-state index contributed by atoms with van der Waals surface area (Å²) in [6, 6.07) is 3.79. The average Bonchev–Trinajstić information content (AvgIpc) is 3.22. The summed E-state index contributed by atoms with van der Waals surface area (Å²) in [5.74, 6) is -0.547. The molecular weight excluding hydrogens is 483 g/mol. The summed E-state index contributed by atoms with van der Waals surface area (Å²) in [7, 11) is 0. The Kier molecular flexibility index (Phi) is 6.19. The normalized spacial score (nSPS) is 19.0. The van der Waals surface area contributed by atoms with Gasteiger partial charge in [0.25, 0.3) is 0 Å². The van der Waals surface area contributed by atoms with Crippen molar-refractivity contribution in [1.82, 2.24) is 9.88 Å². The van der Waals surface area contributed by atoms with Crippen LogP contribution in [0.5, 0.6) is 0 Å². The fourth-order valence-electron chi connectivity index (χ4n) is 3.41. The average molecular weight is 505 g/mol. The largest absolute Gasteiger partial charge is 0.370 e. The van der Waals surface area contributed by atoms with Crippen molar-refractivity contribution in [2.24, 2.45) is 10.7 Å². The Balaban J connectivity index is 0.00000210. The molecule has 0 spiro atoms. The second-order valence-electron chi connectivity index (χ2n) is 6.87. The van der Waals surface area contributed by atoms with Crippen molar-refractivity contribution in [1.29, 1.82) is 0 Å². The lowest BCUT2D eigenvalue weighted by molar-refractivity contribution is 0.380. The molecule has 4 rings (SSSR count). The van der Waals surface area contributed by atoms with Gasteiger partial charge in [0.05, 0.1) is 6.54 Å². The molecule has 1 saturated carbocycles. The van der Waals surface area contributed by atoms with E-state index >= 15 is 0 Å². The van der Waals surface area contributed by atoms with E-state index in [1.54, 1.807) is 11.3 Å². The van der Waals surface area contributed by atoms with E-state index in [4.69, 9.17) is 5.73 Å². The van der Waals surface area contributed by atoms with Crippen LogP contribution in [-0.4, -0.2) is 48.6 Å². The zero-order valence-corrected chi connectivity index (χ0v) is 17.9. The molecule has 0 radical (unpaired) electrons. The molecule has 5 nitrogen and oxygen atoms in total. The molecule has 0 bridgehead atoms. The SMILES string of the molecule is I.NC(=NCC1(c2ccc(F)cc2F)CC1)N1CCN(c2nccs2)CC1. The van der Waals surface area contributed by atoms with Gasteiger partial charge in [-0.05, 0) is 24.5 Å². The first-order chi connectivity index (χ1) is 12.6. The minimum Gasteiger partial charge on any atom is -0.370 e. The third kappa shape index (κ3) is 4.34. The summed E-state index contributed by atoms with van der Waals surface area (Å²) >= 11 is 1.63. The molecule has 2 aromatic rings. The lowest BCUT2D eigenvalue weighted by Gasteiger charge is -2.35. The number of piperazine rings is 1. The van der Waals surface area contributed by atoms with Crippen LogP contribution in [0.25, 0.3) is 0 Å². The van der Waals surface area contributed by atoms with Gasteiger partial charge >= 0.3 is 0 Å². The zero-order chi connectivity index (χ0) is 18.1. The van der Waals surface area contributed by atoms with Crippen LogP contribution in [-0.2, 0) is 5.41 Å².